The zero-order chi connectivity index (χ0) is 31.0. The normalized spacial score (nSPS) is 16.8. The summed E-state index contributed by atoms with van der Waals surface area (Å²) in [5.41, 5.74) is 0. The van der Waals surface area contributed by atoms with Crippen molar-refractivity contribution in [2.75, 3.05) is 59.2 Å². The summed E-state index contributed by atoms with van der Waals surface area (Å²) in [4.78, 5) is 24.0. The molecule has 0 spiro atoms. The third kappa shape index (κ3) is 12.2. The molecule has 0 amide bonds. The fraction of sp³-hybridized carbons (Fsp3) is 0.500. The van der Waals surface area contributed by atoms with E-state index < -0.39 is 24.1 Å². The minimum atomic E-state index is -0.448. The van der Waals surface area contributed by atoms with Gasteiger partial charge in [-0.1, -0.05) is 37.4 Å². The molecule has 0 saturated carbocycles. The summed E-state index contributed by atoms with van der Waals surface area (Å²) in [7, 11) is 0. The zero-order valence-electron chi connectivity index (χ0n) is 24.7. The lowest BCUT2D eigenvalue weighted by Crippen LogP contribution is -2.27. The number of esters is 2. The Balaban J connectivity index is 1.33. The summed E-state index contributed by atoms with van der Waals surface area (Å²) < 4.78 is 25.0. The van der Waals surface area contributed by atoms with Crippen LogP contribution < -0.4 is 9.47 Å². The Labute approximate surface area is 286 Å². The average Bonchev–Trinajstić information content (AvgIpc) is 3.77. The average molecular weight is 713 g/mol. The zero-order valence-corrected chi connectivity index (χ0v) is 29.6. The van der Waals surface area contributed by atoms with E-state index in [1.807, 2.05) is 83.4 Å². The Kier molecular flexibility index (Phi) is 16.3. The molecule has 0 bridgehead atoms. The van der Waals surface area contributed by atoms with E-state index in [1.165, 1.54) is 35.2 Å². The summed E-state index contributed by atoms with van der Waals surface area (Å²) in [6.07, 6.45) is 3.87. The van der Waals surface area contributed by atoms with Crippen molar-refractivity contribution in [1.29, 1.82) is 0 Å². The number of benzene rings is 2. The first kappa shape index (κ1) is 35.7. The minimum absolute atomic E-state index is 0.235. The molecule has 0 radical (unpaired) electrons. The number of thioether (sulfide) groups is 6. The molecule has 0 aliphatic carbocycles. The van der Waals surface area contributed by atoms with Crippen molar-refractivity contribution in [2.45, 2.75) is 34.2 Å². The largest absolute Gasteiger partial charge is 0.489 e. The topological polar surface area (TPSA) is 71.1 Å². The lowest BCUT2D eigenvalue weighted by atomic mass is 10.1. The summed E-state index contributed by atoms with van der Waals surface area (Å²) in [5.74, 6) is 8.73. The molecule has 2 fully saturated rings. The second kappa shape index (κ2) is 20.1. The number of fused-ring (bicyclic) bond motifs is 1. The number of carbonyl (C=O) groups excluding carboxylic acids is 2. The molecule has 2 heterocycles. The molecule has 12 heteroatoms. The van der Waals surface area contributed by atoms with Crippen molar-refractivity contribution in [3.05, 3.63) is 61.7 Å². The second-order valence-electron chi connectivity index (χ2n) is 9.82. The molecule has 2 aliphatic heterocycles. The van der Waals surface area contributed by atoms with Crippen molar-refractivity contribution in [1.82, 2.24) is 0 Å². The molecule has 240 valence electrons. The van der Waals surface area contributed by atoms with Gasteiger partial charge in [0.25, 0.3) is 0 Å². The number of hydrogen-bond donors (Lipinski definition) is 0. The highest BCUT2D eigenvalue weighted by Crippen LogP contribution is 2.36. The van der Waals surface area contributed by atoms with Crippen molar-refractivity contribution in [3.63, 3.8) is 0 Å². The van der Waals surface area contributed by atoms with Crippen LogP contribution in [-0.2, 0) is 19.1 Å². The van der Waals surface area contributed by atoms with Crippen molar-refractivity contribution in [3.8, 4) is 11.5 Å². The highest BCUT2D eigenvalue weighted by atomic mass is 32.2. The summed E-state index contributed by atoms with van der Waals surface area (Å²) in [5, 5.41) is 1.78. The molecule has 2 atom stereocenters. The van der Waals surface area contributed by atoms with Gasteiger partial charge in [0.2, 0.25) is 0 Å². The standard InChI is InChI=1S/C32H40O6S6/c1-3-29(33)37-23(21-39-13-11-31-41-15-16-42-31)19-35-27-9-5-8-26-25(27)7-6-10-28(26)36-20-24(38-30(34)4-2)22-40-14-12-32-43-17-18-44-32/h3-10,23-24,31-32H,1-2,11-22H2. The lowest BCUT2D eigenvalue weighted by molar-refractivity contribution is -0.144. The van der Waals surface area contributed by atoms with Gasteiger partial charge in [0.1, 0.15) is 36.9 Å². The summed E-state index contributed by atoms with van der Waals surface area (Å²) in [6, 6.07) is 11.6. The molecule has 2 aromatic rings. The van der Waals surface area contributed by atoms with E-state index in [0.717, 1.165) is 35.1 Å². The van der Waals surface area contributed by atoms with E-state index in [0.29, 0.717) is 32.2 Å². The Morgan fingerprint density at radius 1 is 0.727 bits per heavy atom. The fourth-order valence-electron chi connectivity index (χ4n) is 4.46. The molecule has 2 unspecified atom stereocenters. The maximum Gasteiger partial charge on any atom is 0.330 e. The third-order valence-electron chi connectivity index (χ3n) is 6.58. The van der Waals surface area contributed by atoms with Crippen LogP contribution in [0.15, 0.2) is 61.7 Å². The Morgan fingerprint density at radius 2 is 1.14 bits per heavy atom. The van der Waals surface area contributed by atoms with Gasteiger partial charge in [-0.3, -0.25) is 0 Å². The molecular weight excluding hydrogens is 673 g/mol. The molecular formula is C32H40O6S6. The smallest absolute Gasteiger partial charge is 0.330 e. The quantitative estimate of drug-likeness (QED) is 0.0770. The Bertz CT molecular complexity index is 1120. The van der Waals surface area contributed by atoms with Crippen LogP contribution in [0.3, 0.4) is 0 Å². The molecule has 2 saturated heterocycles. The van der Waals surface area contributed by atoms with Gasteiger partial charge in [0.05, 0.1) is 9.16 Å². The van der Waals surface area contributed by atoms with Crippen molar-refractivity contribution < 1.29 is 28.5 Å². The number of hydrogen-bond acceptors (Lipinski definition) is 12. The van der Waals surface area contributed by atoms with Gasteiger partial charge in [-0.2, -0.15) is 23.5 Å². The van der Waals surface area contributed by atoms with Crippen LogP contribution >= 0.6 is 70.6 Å². The molecule has 0 N–H and O–H groups in total. The van der Waals surface area contributed by atoms with Crippen LogP contribution in [0.5, 0.6) is 11.5 Å². The fourth-order valence-corrected chi connectivity index (χ4v) is 12.7. The van der Waals surface area contributed by atoms with E-state index in [1.54, 1.807) is 23.5 Å². The molecule has 2 aliphatic rings. The molecule has 44 heavy (non-hydrogen) atoms. The van der Waals surface area contributed by atoms with Gasteiger partial charge >= 0.3 is 11.9 Å². The second-order valence-corrected chi connectivity index (χ2v) is 18.0. The minimum Gasteiger partial charge on any atom is -0.489 e. The molecule has 2 aromatic carbocycles. The Morgan fingerprint density at radius 3 is 1.52 bits per heavy atom. The van der Waals surface area contributed by atoms with E-state index >= 15 is 0 Å². The Hall–Kier alpha value is -1.18. The van der Waals surface area contributed by atoms with Crippen LogP contribution in [0, 0.1) is 0 Å². The van der Waals surface area contributed by atoms with E-state index in [2.05, 4.69) is 13.2 Å². The maximum atomic E-state index is 12.0. The predicted octanol–water partition coefficient (Wildman–Crippen LogP) is 7.65. The SMILES string of the molecule is C=CC(=O)OC(COc1cccc2c(OCC(CSCCC3SCCS3)OC(=O)C=C)cccc12)CSCCC1SCCS1. The van der Waals surface area contributed by atoms with E-state index in [4.69, 9.17) is 18.9 Å². The lowest BCUT2D eigenvalue weighted by Gasteiger charge is -2.20. The number of rotatable bonds is 20. The highest BCUT2D eigenvalue weighted by molar-refractivity contribution is 8.20. The van der Waals surface area contributed by atoms with Gasteiger partial charge in [0, 0.05) is 57.4 Å². The summed E-state index contributed by atoms with van der Waals surface area (Å²) >= 11 is 11.7. The molecule has 0 aromatic heterocycles. The highest BCUT2D eigenvalue weighted by Gasteiger charge is 2.20. The van der Waals surface area contributed by atoms with Gasteiger partial charge in [-0.15, -0.1) is 47.0 Å². The predicted molar refractivity (Wildman–Crippen MR) is 196 cm³/mol. The van der Waals surface area contributed by atoms with E-state index in [9.17, 15) is 9.59 Å². The van der Waals surface area contributed by atoms with Crippen LogP contribution in [0.1, 0.15) is 12.8 Å². The number of carbonyl (C=O) groups is 2. The van der Waals surface area contributed by atoms with Gasteiger partial charge in [-0.05, 0) is 36.5 Å². The maximum absolute atomic E-state index is 12.0. The number of ether oxygens (including phenoxy) is 4. The van der Waals surface area contributed by atoms with Gasteiger partial charge in [0.15, 0.2) is 0 Å². The van der Waals surface area contributed by atoms with Crippen LogP contribution in [-0.4, -0.2) is 92.5 Å². The third-order valence-corrected chi connectivity index (χ3v) is 15.2. The van der Waals surface area contributed by atoms with Crippen LogP contribution in [0.2, 0.25) is 0 Å². The first-order chi connectivity index (χ1) is 21.6. The molecule has 4 rings (SSSR count). The van der Waals surface area contributed by atoms with Crippen LogP contribution in [0.25, 0.3) is 10.8 Å². The first-order valence-corrected chi connectivity index (χ1v) is 21.1. The van der Waals surface area contributed by atoms with Gasteiger partial charge < -0.3 is 18.9 Å². The monoisotopic (exact) mass is 712 g/mol. The van der Waals surface area contributed by atoms with Crippen molar-refractivity contribution >= 4 is 93.3 Å². The van der Waals surface area contributed by atoms with Crippen molar-refractivity contribution in [2.24, 2.45) is 0 Å². The summed E-state index contributed by atoms with van der Waals surface area (Å²) in [6.45, 7) is 7.55. The molecule has 6 nitrogen and oxygen atoms in total. The first-order valence-electron chi connectivity index (χ1n) is 14.6. The van der Waals surface area contributed by atoms with Crippen LogP contribution in [0.4, 0.5) is 0 Å². The van der Waals surface area contributed by atoms with E-state index in [-0.39, 0.29) is 13.2 Å². The van der Waals surface area contributed by atoms with Gasteiger partial charge in [-0.25, -0.2) is 9.59 Å².